The molecule has 1 amide bonds. The van der Waals surface area contributed by atoms with E-state index in [4.69, 9.17) is 0 Å². The van der Waals surface area contributed by atoms with Gasteiger partial charge >= 0.3 is 29.6 Å². The van der Waals surface area contributed by atoms with Gasteiger partial charge in [-0.3, -0.25) is 4.79 Å². The molecule has 0 unspecified atom stereocenters. The Morgan fingerprint density at radius 3 is 2.10 bits per heavy atom. The maximum absolute atomic E-state index is 10.6. The van der Waals surface area contributed by atoms with Gasteiger partial charge in [0.15, 0.2) is 0 Å². The van der Waals surface area contributed by atoms with Gasteiger partial charge in [-0.25, -0.2) is 0 Å². The first kappa shape index (κ1) is 12.8. The van der Waals surface area contributed by atoms with E-state index in [2.05, 4.69) is 11.9 Å². The summed E-state index contributed by atoms with van der Waals surface area (Å²) in [4.78, 5) is 10.6. The molecule has 0 aromatic heterocycles. The summed E-state index contributed by atoms with van der Waals surface area (Å²) in [6.07, 6.45) is 1.27. The molecule has 0 spiro atoms. The van der Waals surface area contributed by atoms with Gasteiger partial charge in [0.2, 0.25) is 5.91 Å². The molecule has 0 saturated heterocycles. The normalized spacial score (nSPS) is 9.50. The molecule has 0 heterocycles. The van der Waals surface area contributed by atoms with Crippen LogP contribution in [-0.4, -0.2) is 11.4 Å². The van der Waals surface area contributed by atoms with Crippen LogP contribution in [0, 0.1) is 0 Å². The minimum Gasteiger partial charge on any atom is -1.00 e. The van der Waals surface area contributed by atoms with Gasteiger partial charge in [0.25, 0.3) is 0 Å². The van der Waals surface area contributed by atoms with E-state index in [-0.39, 0.29) is 42.4 Å². The van der Waals surface area contributed by atoms with Crippen molar-refractivity contribution in [2.45, 2.75) is 26.3 Å². The largest absolute Gasteiger partial charge is 1.00 e. The van der Waals surface area contributed by atoms with Crippen molar-refractivity contribution in [3.05, 3.63) is 12.7 Å². The molecule has 0 radical (unpaired) electrons. The maximum Gasteiger partial charge on any atom is 1.00 e. The van der Waals surface area contributed by atoms with E-state index in [0.717, 1.165) is 0 Å². The van der Waals surface area contributed by atoms with Crippen molar-refractivity contribution in [1.82, 2.24) is 5.32 Å². The van der Waals surface area contributed by atoms with Crippen LogP contribution in [0.2, 0.25) is 0 Å². The second-order valence-corrected chi connectivity index (χ2v) is 2.94. The van der Waals surface area contributed by atoms with Crippen LogP contribution in [0.15, 0.2) is 12.7 Å². The first-order valence-electron chi connectivity index (χ1n) is 2.90. The molecule has 0 aliphatic heterocycles. The van der Waals surface area contributed by atoms with E-state index in [1.54, 1.807) is 0 Å². The fourth-order valence-corrected chi connectivity index (χ4v) is 0.421. The third-order valence-electron chi connectivity index (χ3n) is 0.684. The van der Waals surface area contributed by atoms with Gasteiger partial charge < -0.3 is 6.74 Å². The minimum absolute atomic E-state index is 0. The van der Waals surface area contributed by atoms with Crippen LogP contribution in [-0.2, 0) is 4.79 Å². The topological polar surface area (TPSA) is 29.1 Å². The van der Waals surface area contributed by atoms with Gasteiger partial charge in [0.05, 0.1) is 0 Å². The van der Waals surface area contributed by atoms with Gasteiger partial charge in [-0.2, -0.15) is 0 Å². The van der Waals surface area contributed by atoms with Crippen molar-refractivity contribution in [3.63, 3.8) is 0 Å². The van der Waals surface area contributed by atoms with Gasteiger partial charge in [0.1, 0.15) is 0 Å². The summed E-state index contributed by atoms with van der Waals surface area (Å²) in [5.41, 5.74) is -0.148. The summed E-state index contributed by atoms with van der Waals surface area (Å²) in [5.74, 6) is -0.123. The standard InChI is InChI=1S/C7H13NO.Na.H/c1-5-6(9)8-7(2,3)4;;/h5H,1H2,2-4H3,(H,8,9);;/q;+1;-1. The number of carbonyl (C=O) groups is 1. The summed E-state index contributed by atoms with van der Waals surface area (Å²) < 4.78 is 0. The molecule has 2 nitrogen and oxygen atoms in total. The van der Waals surface area contributed by atoms with E-state index in [1.165, 1.54) is 6.08 Å². The van der Waals surface area contributed by atoms with Gasteiger partial charge in [0, 0.05) is 5.54 Å². The molecule has 0 bridgehead atoms. The zero-order valence-corrected chi connectivity index (χ0v) is 9.19. The fourth-order valence-electron chi connectivity index (χ4n) is 0.421. The fraction of sp³-hybridized carbons (Fsp3) is 0.571. The van der Waals surface area contributed by atoms with Crippen LogP contribution >= 0.6 is 0 Å². The van der Waals surface area contributed by atoms with Crippen molar-refractivity contribution in [2.24, 2.45) is 0 Å². The van der Waals surface area contributed by atoms with Crippen LogP contribution in [0.4, 0.5) is 0 Å². The Labute approximate surface area is 85.8 Å². The van der Waals surface area contributed by atoms with Crippen LogP contribution in [0.3, 0.4) is 0 Å². The van der Waals surface area contributed by atoms with Gasteiger partial charge in [-0.05, 0) is 26.8 Å². The summed E-state index contributed by atoms with van der Waals surface area (Å²) in [7, 11) is 0. The molecule has 0 rings (SSSR count). The summed E-state index contributed by atoms with van der Waals surface area (Å²) in [6.45, 7) is 9.11. The van der Waals surface area contributed by atoms with Gasteiger partial charge in [-0.15, -0.1) is 0 Å². The number of rotatable bonds is 1. The quantitative estimate of drug-likeness (QED) is 0.348. The predicted octanol–water partition coefficient (Wildman–Crippen LogP) is -1.80. The second kappa shape index (κ2) is 4.94. The summed E-state index contributed by atoms with van der Waals surface area (Å²) in [6, 6.07) is 0. The molecular weight excluding hydrogens is 137 g/mol. The Morgan fingerprint density at radius 2 is 2.00 bits per heavy atom. The Hall–Kier alpha value is 0.210. The third kappa shape index (κ3) is 8.21. The number of hydrogen-bond donors (Lipinski definition) is 1. The molecule has 0 aliphatic carbocycles. The van der Waals surface area contributed by atoms with E-state index in [9.17, 15) is 4.79 Å². The Morgan fingerprint density at radius 1 is 1.60 bits per heavy atom. The van der Waals surface area contributed by atoms with E-state index < -0.39 is 0 Å². The molecular formula is C7H14NNaO. The molecule has 0 saturated carbocycles. The molecule has 0 aliphatic rings. The molecule has 0 atom stereocenters. The maximum atomic E-state index is 10.6. The third-order valence-corrected chi connectivity index (χ3v) is 0.684. The van der Waals surface area contributed by atoms with Crippen molar-refractivity contribution in [3.8, 4) is 0 Å². The average molecular weight is 151 g/mol. The van der Waals surface area contributed by atoms with E-state index >= 15 is 0 Å². The van der Waals surface area contributed by atoms with Gasteiger partial charge in [-0.1, -0.05) is 6.58 Å². The van der Waals surface area contributed by atoms with Crippen molar-refractivity contribution < 1.29 is 35.8 Å². The number of carbonyl (C=O) groups excluding carboxylic acids is 1. The van der Waals surface area contributed by atoms with E-state index in [1.807, 2.05) is 20.8 Å². The molecule has 0 aromatic carbocycles. The average Bonchev–Trinajstić information content (AvgIpc) is 1.62. The number of hydrogen-bond acceptors (Lipinski definition) is 1. The first-order valence-corrected chi connectivity index (χ1v) is 2.90. The Kier molecular flexibility index (Phi) is 6.35. The Balaban J connectivity index is -0.000000320. The van der Waals surface area contributed by atoms with E-state index in [0.29, 0.717) is 0 Å². The SMILES string of the molecule is C=CC(=O)NC(C)(C)C.[H-].[Na+]. The molecule has 3 heteroatoms. The number of amides is 1. The Bertz CT molecular complexity index is 131. The van der Waals surface area contributed by atoms with Crippen LogP contribution in [0.1, 0.15) is 22.2 Å². The number of nitrogens with one attached hydrogen (secondary N) is 1. The zero-order chi connectivity index (χ0) is 7.49. The van der Waals surface area contributed by atoms with Crippen LogP contribution in [0.5, 0.6) is 0 Å². The summed E-state index contributed by atoms with van der Waals surface area (Å²) in [5, 5.41) is 2.71. The molecule has 0 fully saturated rings. The summed E-state index contributed by atoms with van der Waals surface area (Å²) >= 11 is 0. The predicted molar refractivity (Wildman–Crippen MR) is 39.2 cm³/mol. The smallest absolute Gasteiger partial charge is 1.00 e. The van der Waals surface area contributed by atoms with Crippen LogP contribution in [0.25, 0.3) is 0 Å². The van der Waals surface area contributed by atoms with Crippen LogP contribution < -0.4 is 34.9 Å². The minimum atomic E-state index is -0.148. The second-order valence-electron chi connectivity index (χ2n) is 2.94. The first-order chi connectivity index (χ1) is 3.95. The molecule has 0 aromatic rings. The van der Waals surface area contributed by atoms with Crippen molar-refractivity contribution in [2.75, 3.05) is 0 Å². The monoisotopic (exact) mass is 151 g/mol. The zero-order valence-electron chi connectivity index (χ0n) is 8.19. The van der Waals surface area contributed by atoms with Crippen molar-refractivity contribution >= 4 is 5.91 Å². The molecule has 1 N–H and O–H groups in total. The molecule has 10 heavy (non-hydrogen) atoms. The molecule has 54 valence electrons. The van der Waals surface area contributed by atoms with Crippen molar-refractivity contribution in [1.29, 1.82) is 0 Å².